The minimum Gasteiger partial charge on any atom is -0.354 e. The van der Waals surface area contributed by atoms with Crippen molar-refractivity contribution in [1.82, 2.24) is 10.2 Å². The van der Waals surface area contributed by atoms with Gasteiger partial charge in [-0.2, -0.15) is 10.2 Å². The van der Waals surface area contributed by atoms with Crippen LogP contribution in [0, 0.1) is 12.3 Å². The second-order valence-electron chi connectivity index (χ2n) is 7.77. The molecule has 1 aromatic carbocycles. The number of fused-ring (bicyclic) bond motifs is 2. The number of nitrogens with zero attached hydrogens (tertiary/aromatic N) is 3. The summed E-state index contributed by atoms with van der Waals surface area (Å²) in [7, 11) is 0. The molecule has 0 radical (unpaired) electrons. The van der Waals surface area contributed by atoms with Gasteiger partial charge in [-0.25, -0.2) is 0 Å². The first-order valence-corrected chi connectivity index (χ1v) is 9.64. The minimum atomic E-state index is -0.329. The van der Waals surface area contributed by atoms with Crippen LogP contribution >= 0.6 is 0 Å². The van der Waals surface area contributed by atoms with Gasteiger partial charge in [0.25, 0.3) is 0 Å². The molecule has 0 unspecified atom stereocenters. The number of carbonyl (C=O) groups excluding carboxylic acids is 1. The molecule has 3 aliphatic rings. The highest BCUT2D eigenvalue weighted by molar-refractivity contribution is 5.87. The summed E-state index contributed by atoms with van der Waals surface area (Å²) in [6.07, 6.45) is 11.7. The first-order valence-electron chi connectivity index (χ1n) is 9.64. The van der Waals surface area contributed by atoms with Crippen molar-refractivity contribution in [3.05, 3.63) is 35.9 Å². The van der Waals surface area contributed by atoms with Crippen LogP contribution in [-0.4, -0.2) is 34.6 Å². The van der Waals surface area contributed by atoms with Crippen LogP contribution in [0.15, 0.2) is 40.6 Å². The van der Waals surface area contributed by atoms with Gasteiger partial charge in [0.2, 0.25) is 5.91 Å². The lowest BCUT2D eigenvalue weighted by atomic mass is 9.86. The van der Waals surface area contributed by atoms with Crippen LogP contribution in [0.5, 0.6) is 0 Å². The molecule has 1 N–H and O–H groups in total. The Kier molecular flexibility index (Phi) is 4.54. The van der Waals surface area contributed by atoms with E-state index in [1.165, 1.54) is 5.56 Å². The Labute approximate surface area is 155 Å². The third kappa shape index (κ3) is 3.14. The van der Waals surface area contributed by atoms with E-state index in [-0.39, 0.29) is 17.1 Å². The molecule has 2 saturated heterocycles. The average Bonchev–Trinajstić information content (AvgIpc) is 3.26. The maximum Gasteiger partial charge on any atom is 0.240 e. The van der Waals surface area contributed by atoms with Gasteiger partial charge in [0.05, 0.1) is 0 Å². The standard InChI is InChI=1S/C21H26N4O/c1-2-3-11-21(23-24-21)14-15-22-19(26)20-12-9-18(10-13-20)25(20)16-17-7-5-4-6-8-17/h1,4-8,18H,3,9-16H2,(H,22,26). The lowest BCUT2D eigenvalue weighted by Gasteiger charge is -2.33. The Balaban J connectivity index is 1.36. The quantitative estimate of drug-likeness (QED) is 0.732. The molecule has 136 valence electrons. The van der Waals surface area contributed by atoms with Gasteiger partial charge in [0.1, 0.15) is 5.54 Å². The van der Waals surface area contributed by atoms with Crippen LogP contribution in [0.4, 0.5) is 0 Å². The minimum absolute atomic E-state index is 0.182. The second kappa shape index (κ2) is 6.85. The summed E-state index contributed by atoms with van der Waals surface area (Å²) in [5.74, 6) is 2.83. The predicted molar refractivity (Wildman–Crippen MR) is 100 cm³/mol. The Morgan fingerprint density at radius 2 is 1.96 bits per heavy atom. The number of benzene rings is 1. The number of nitrogens with one attached hydrogen (secondary N) is 1. The van der Waals surface area contributed by atoms with Gasteiger partial charge in [0.15, 0.2) is 5.66 Å². The summed E-state index contributed by atoms with van der Waals surface area (Å²) in [6, 6.07) is 11.0. The van der Waals surface area contributed by atoms with E-state index in [9.17, 15) is 4.79 Å². The van der Waals surface area contributed by atoms with Gasteiger partial charge in [-0.15, -0.1) is 12.3 Å². The molecule has 1 aromatic rings. The Bertz CT molecular complexity index is 722. The SMILES string of the molecule is C#CCCC1(CCNC(=O)C23CCC(CC2)N3Cc2ccccc2)N=N1. The van der Waals surface area contributed by atoms with Crippen molar-refractivity contribution in [1.29, 1.82) is 0 Å². The van der Waals surface area contributed by atoms with Crippen LogP contribution in [0.25, 0.3) is 0 Å². The number of hydrogen-bond donors (Lipinski definition) is 1. The summed E-state index contributed by atoms with van der Waals surface area (Å²) in [6.45, 7) is 1.47. The van der Waals surface area contributed by atoms with E-state index in [1.54, 1.807) is 0 Å². The average molecular weight is 350 g/mol. The number of hydrogen-bond acceptors (Lipinski definition) is 4. The summed E-state index contributed by atoms with van der Waals surface area (Å²) in [4.78, 5) is 15.5. The summed E-state index contributed by atoms with van der Waals surface area (Å²) in [5, 5.41) is 11.5. The zero-order chi connectivity index (χ0) is 18.0. The van der Waals surface area contributed by atoms with Crippen LogP contribution in [0.3, 0.4) is 0 Å². The molecule has 2 bridgehead atoms. The van der Waals surface area contributed by atoms with Gasteiger partial charge in [-0.05, 0) is 31.2 Å². The molecule has 26 heavy (non-hydrogen) atoms. The van der Waals surface area contributed by atoms with Crippen LogP contribution in [0.2, 0.25) is 0 Å². The Morgan fingerprint density at radius 1 is 1.23 bits per heavy atom. The van der Waals surface area contributed by atoms with Crippen molar-refractivity contribution < 1.29 is 4.79 Å². The Hall–Kier alpha value is -2.19. The lowest BCUT2D eigenvalue weighted by Crippen LogP contribution is -2.53. The van der Waals surface area contributed by atoms with Crippen molar-refractivity contribution in [2.24, 2.45) is 10.2 Å². The monoisotopic (exact) mass is 350 g/mol. The molecule has 0 saturated carbocycles. The normalized spacial score (nSPS) is 28.0. The number of rotatable bonds is 8. The molecule has 5 heteroatoms. The van der Waals surface area contributed by atoms with Crippen molar-refractivity contribution in [3.8, 4) is 12.3 Å². The van der Waals surface area contributed by atoms with E-state index in [4.69, 9.17) is 6.42 Å². The van der Waals surface area contributed by atoms with Gasteiger partial charge in [-0.1, -0.05) is 30.3 Å². The maximum absolute atomic E-state index is 13.1. The third-order valence-corrected chi connectivity index (χ3v) is 6.25. The van der Waals surface area contributed by atoms with Crippen molar-refractivity contribution >= 4 is 5.91 Å². The van der Waals surface area contributed by atoms with Crippen LogP contribution < -0.4 is 5.32 Å². The molecule has 1 amide bonds. The van der Waals surface area contributed by atoms with Crippen molar-refractivity contribution in [2.75, 3.05) is 6.54 Å². The van der Waals surface area contributed by atoms with Gasteiger partial charge in [0, 0.05) is 38.4 Å². The number of carbonyl (C=O) groups is 1. The molecule has 3 heterocycles. The van der Waals surface area contributed by atoms with E-state index < -0.39 is 0 Å². The molecule has 0 atom stereocenters. The highest BCUT2D eigenvalue weighted by Crippen LogP contribution is 2.47. The maximum atomic E-state index is 13.1. The van der Waals surface area contributed by atoms with E-state index in [1.807, 2.05) is 6.07 Å². The molecule has 0 aromatic heterocycles. The molecular formula is C21H26N4O. The fraction of sp³-hybridized carbons (Fsp3) is 0.571. The molecule has 0 aliphatic carbocycles. The van der Waals surface area contributed by atoms with Crippen molar-refractivity contribution in [2.45, 2.75) is 68.7 Å². The molecule has 5 nitrogen and oxygen atoms in total. The van der Waals surface area contributed by atoms with Crippen LogP contribution in [-0.2, 0) is 11.3 Å². The van der Waals surface area contributed by atoms with Crippen molar-refractivity contribution in [3.63, 3.8) is 0 Å². The molecular weight excluding hydrogens is 324 g/mol. The fourth-order valence-corrected chi connectivity index (χ4v) is 4.66. The van der Waals surface area contributed by atoms with Gasteiger partial charge >= 0.3 is 0 Å². The summed E-state index contributed by atoms with van der Waals surface area (Å²) >= 11 is 0. The first-order chi connectivity index (χ1) is 12.7. The first kappa shape index (κ1) is 17.2. The highest BCUT2D eigenvalue weighted by Gasteiger charge is 2.56. The second-order valence-corrected chi connectivity index (χ2v) is 7.77. The van der Waals surface area contributed by atoms with E-state index in [0.29, 0.717) is 19.0 Å². The smallest absolute Gasteiger partial charge is 0.240 e. The molecule has 4 rings (SSSR count). The lowest BCUT2D eigenvalue weighted by molar-refractivity contribution is -0.131. The zero-order valence-electron chi connectivity index (χ0n) is 15.2. The molecule has 2 fully saturated rings. The zero-order valence-corrected chi connectivity index (χ0v) is 15.2. The fourth-order valence-electron chi connectivity index (χ4n) is 4.66. The highest BCUT2D eigenvalue weighted by atomic mass is 16.2. The van der Waals surface area contributed by atoms with E-state index in [2.05, 4.69) is 50.6 Å². The van der Waals surface area contributed by atoms with Gasteiger partial charge < -0.3 is 5.32 Å². The molecule has 0 spiro atoms. The van der Waals surface area contributed by atoms with Gasteiger partial charge in [-0.3, -0.25) is 9.69 Å². The number of terminal acetylenes is 1. The topological polar surface area (TPSA) is 57.1 Å². The molecule has 3 aliphatic heterocycles. The summed E-state index contributed by atoms with van der Waals surface area (Å²) < 4.78 is 0. The largest absolute Gasteiger partial charge is 0.354 e. The van der Waals surface area contributed by atoms with E-state index in [0.717, 1.165) is 45.1 Å². The Morgan fingerprint density at radius 3 is 2.62 bits per heavy atom. The van der Waals surface area contributed by atoms with Crippen LogP contribution in [0.1, 0.15) is 50.5 Å². The third-order valence-electron chi connectivity index (χ3n) is 6.25. The summed E-state index contributed by atoms with van der Waals surface area (Å²) in [5.41, 5.74) is 0.626. The number of amides is 1. The predicted octanol–water partition coefficient (Wildman–Crippen LogP) is 3.27. The van der Waals surface area contributed by atoms with E-state index >= 15 is 0 Å².